The van der Waals surface area contributed by atoms with Crippen LogP contribution in [0.15, 0.2) is 0 Å². The molecular weight excluding hydrogens is 280 g/mol. The van der Waals surface area contributed by atoms with Crippen LogP contribution in [0.25, 0.3) is 0 Å². The van der Waals surface area contributed by atoms with Gasteiger partial charge in [-0.2, -0.15) is 0 Å². The summed E-state index contributed by atoms with van der Waals surface area (Å²) < 4.78 is 0. The molecule has 2 saturated carbocycles. The summed E-state index contributed by atoms with van der Waals surface area (Å²) in [6.45, 7) is 0.832. The second-order valence-corrected chi connectivity index (χ2v) is 7.14. The van der Waals surface area contributed by atoms with Crippen molar-refractivity contribution in [1.29, 1.82) is 0 Å². The number of nitrogens with zero attached hydrogens (tertiary/aromatic N) is 1. The molecule has 2 unspecified atom stereocenters. The van der Waals surface area contributed by atoms with Crippen LogP contribution in [-0.4, -0.2) is 47.1 Å². The standard InChI is InChI=1S/C17H28N2O3/c20-11-9-14(12-7-8-12)18-16(21)15-6-3-10-19(15)17(22)13-4-1-2-5-13/h12-15,20H,1-11H2,(H,18,21). The highest BCUT2D eigenvalue weighted by molar-refractivity contribution is 5.89. The van der Waals surface area contributed by atoms with Crippen LogP contribution in [0, 0.1) is 11.8 Å². The van der Waals surface area contributed by atoms with Crippen LogP contribution in [0.4, 0.5) is 0 Å². The monoisotopic (exact) mass is 308 g/mol. The van der Waals surface area contributed by atoms with Crippen LogP contribution in [0.5, 0.6) is 0 Å². The molecule has 1 saturated heterocycles. The number of aliphatic hydroxyl groups is 1. The summed E-state index contributed by atoms with van der Waals surface area (Å²) >= 11 is 0. The Kier molecular flexibility index (Phi) is 5.01. The summed E-state index contributed by atoms with van der Waals surface area (Å²) in [4.78, 5) is 27.1. The number of aliphatic hydroxyl groups excluding tert-OH is 1. The molecule has 1 heterocycles. The zero-order valence-electron chi connectivity index (χ0n) is 13.3. The molecule has 22 heavy (non-hydrogen) atoms. The van der Waals surface area contributed by atoms with E-state index in [-0.39, 0.29) is 36.4 Å². The van der Waals surface area contributed by atoms with Crippen molar-refractivity contribution in [2.24, 2.45) is 11.8 Å². The SMILES string of the molecule is O=C(NC(CCO)C1CC1)C1CCCN1C(=O)C1CCCC1. The third-order valence-electron chi connectivity index (χ3n) is 5.50. The second kappa shape index (κ2) is 6.99. The summed E-state index contributed by atoms with van der Waals surface area (Å²) in [7, 11) is 0. The first kappa shape index (κ1) is 15.8. The maximum atomic E-state index is 12.6. The first-order valence-electron chi connectivity index (χ1n) is 8.92. The van der Waals surface area contributed by atoms with Gasteiger partial charge in [-0.25, -0.2) is 0 Å². The van der Waals surface area contributed by atoms with Gasteiger partial charge in [0.1, 0.15) is 6.04 Å². The highest BCUT2D eigenvalue weighted by atomic mass is 16.3. The molecule has 2 atom stereocenters. The first-order chi connectivity index (χ1) is 10.7. The van der Waals surface area contributed by atoms with Crippen molar-refractivity contribution in [3.63, 3.8) is 0 Å². The number of hydrogen-bond donors (Lipinski definition) is 2. The molecule has 3 fully saturated rings. The summed E-state index contributed by atoms with van der Waals surface area (Å²) in [5.74, 6) is 0.857. The minimum Gasteiger partial charge on any atom is -0.396 e. The number of carbonyl (C=O) groups is 2. The van der Waals surface area contributed by atoms with Gasteiger partial charge in [0.15, 0.2) is 0 Å². The quantitative estimate of drug-likeness (QED) is 0.780. The van der Waals surface area contributed by atoms with Crippen molar-refractivity contribution < 1.29 is 14.7 Å². The summed E-state index contributed by atoms with van der Waals surface area (Å²) in [6, 6.07) is -0.199. The Labute approximate surface area is 132 Å². The van der Waals surface area contributed by atoms with Gasteiger partial charge in [0, 0.05) is 25.1 Å². The number of hydrogen-bond acceptors (Lipinski definition) is 3. The molecular formula is C17H28N2O3. The minimum atomic E-state index is -0.284. The normalized spacial score (nSPS) is 27.1. The molecule has 0 spiro atoms. The third-order valence-corrected chi connectivity index (χ3v) is 5.50. The van der Waals surface area contributed by atoms with Crippen LogP contribution >= 0.6 is 0 Å². The molecule has 3 aliphatic rings. The van der Waals surface area contributed by atoms with E-state index in [0.717, 1.165) is 57.9 Å². The van der Waals surface area contributed by atoms with Crippen LogP contribution in [0.1, 0.15) is 57.8 Å². The molecule has 0 aromatic heterocycles. The lowest BCUT2D eigenvalue weighted by molar-refractivity contribution is -0.141. The van der Waals surface area contributed by atoms with Gasteiger partial charge < -0.3 is 15.3 Å². The van der Waals surface area contributed by atoms with Crippen molar-refractivity contribution >= 4 is 11.8 Å². The van der Waals surface area contributed by atoms with E-state index >= 15 is 0 Å². The Hall–Kier alpha value is -1.10. The van der Waals surface area contributed by atoms with Gasteiger partial charge >= 0.3 is 0 Å². The first-order valence-corrected chi connectivity index (χ1v) is 8.92. The highest BCUT2D eigenvalue weighted by Gasteiger charge is 2.39. The molecule has 2 amide bonds. The van der Waals surface area contributed by atoms with Crippen molar-refractivity contribution in [3.05, 3.63) is 0 Å². The molecule has 124 valence electrons. The van der Waals surface area contributed by atoms with Gasteiger partial charge in [-0.05, 0) is 50.9 Å². The largest absolute Gasteiger partial charge is 0.396 e. The van der Waals surface area contributed by atoms with Crippen molar-refractivity contribution in [3.8, 4) is 0 Å². The van der Waals surface area contributed by atoms with Crippen molar-refractivity contribution in [2.75, 3.05) is 13.2 Å². The highest BCUT2D eigenvalue weighted by Crippen LogP contribution is 2.34. The molecule has 0 aromatic rings. The predicted octanol–water partition coefficient (Wildman–Crippen LogP) is 1.44. The summed E-state index contributed by atoms with van der Waals surface area (Å²) in [5.41, 5.74) is 0. The topological polar surface area (TPSA) is 69.6 Å². The van der Waals surface area contributed by atoms with E-state index in [4.69, 9.17) is 5.11 Å². The average molecular weight is 308 g/mol. The van der Waals surface area contributed by atoms with Gasteiger partial charge in [0.05, 0.1) is 0 Å². The Balaban J connectivity index is 1.59. The fourth-order valence-corrected chi connectivity index (χ4v) is 4.05. The Bertz CT molecular complexity index is 416. The number of likely N-dealkylation sites (tertiary alicyclic amines) is 1. The van der Waals surface area contributed by atoms with E-state index in [2.05, 4.69) is 5.32 Å². The number of rotatable bonds is 6. The molecule has 0 aromatic carbocycles. The molecule has 1 aliphatic heterocycles. The minimum absolute atomic E-state index is 0.00537. The van der Waals surface area contributed by atoms with Gasteiger partial charge in [0.2, 0.25) is 11.8 Å². The van der Waals surface area contributed by atoms with E-state index in [9.17, 15) is 9.59 Å². The molecule has 5 nitrogen and oxygen atoms in total. The Morgan fingerprint density at radius 2 is 1.82 bits per heavy atom. The zero-order valence-corrected chi connectivity index (χ0v) is 13.3. The van der Waals surface area contributed by atoms with Crippen LogP contribution < -0.4 is 5.32 Å². The number of amides is 2. The fourth-order valence-electron chi connectivity index (χ4n) is 4.05. The molecule has 2 N–H and O–H groups in total. The fraction of sp³-hybridized carbons (Fsp3) is 0.882. The average Bonchev–Trinajstić information content (AvgIpc) is 3.04. The van der Waals surface area contributed by atoms with Gasteiger partial charge in [-0.15, -0.1) is 0 Å². The Morgan fingerprint density at radius 3 is 2.45 bits per heavy atom. The summed E-state index contributed by atoms with van der Waals surface area (Å²) in [5, 5.41) is 12.3. The smallest absolute Gasteiger partial charge is 0.243 e. The maximum Gasteiger partial charge on any atom is 0.243 e. The van der Waals surface area contributed by atoms with Gasteiger partial charge in [-0.1, -0.05) is 12.8 Å². The molecule has 0 radical (unpaired) electrons. The predicted molar refractivity (Wildman–Crippen MR) is 83.1 cm³/mol. The lowest BCUT2D eigenvalue weighted by Gasteiger charge is -2.28. The van der Waals surface area contributed by atoms with E-state index < -0.39 is 0 Å². The Morgan fingerprint density at radius 1 is 1.09 bits per heavy atom. The van der Waals surface area contributed by atoms with Crippen molar-refractivity contribution in [2.45, 2.75) is 69.9 Å². The lowest BCUT2D eigenvalue weighted by atomic mass is 10.0. The second-order valence-electron chi connectivity index (χ2n) is 7.14. The van der Waals surface area contributed by atoms with Crippen LogP contribution in [0.3, 0.4) is 0 Å². The van der Waals surface area contributed by atoms with E-state index in [1.807, 2.05) is 4.90 Å². The number of carbonyl (C=O) groups excluding carboxylic acids is 2. The van der Waals surface area contributed by atoms with Gasteiger partial charge in [-0.3, -0.25) is 9.59 Å². The molecule has 2 aliphatic carbocycles. The molecule has 5 heteroatoms. The number of nitrogens with one attached hydrogen (secondary N) is 1. The molecule has 3 rings (SSSR count). The van der Waals surface area contributed by atoms with E-state index in [1.165, 1.54) is 0 Å². The third kappa shape index (κ3) is 3.45. The van der Waals surface area contributed by atoms with Crippen LogP contribution in [0.2, 0.25) is 0 Å². The van der Waals surface area contributed by atoms with E-state index in [0.29, 0.717) is 12.3 Å². The zero-order chi connectivity index (χ0) is 15.5. The van der Waals surface area contributed by atoms with Crippen molar-refractivity contribution in [1.82, 2.24) is 10.2 Å². The van der Waals surface area contributed by atoms with Crippen LogP contribution in [-0.2, 0) is 9.59 Å². The molecule has 0 bridgehead atoms. The lowest BCUT2D eigenvalue weighted by Crippen LogP contribution is -2.50. The van der Waals surface area contributed by atoms with Gasteiger partial charge in [0.25, 0.3) is 0 Å². The summed E-state index contributed by atoms with van der Waals surface area (Å²) in [6.07, 6.45) is 8.85. The van der Waals surface area contributed by atoms with E-state index in [1.54, 1.807) is 0 Å². The maximum absolute atomic E-state index is 12.6.